The number of furan rings is 1. The van der Waals surface area contributed by atoms with Crippen molar-refractivity contribution in [2.75, 3.05) is 0 Å². The van der Waals surface area contributed by atoms with E-state index in [4.69, 9.17) is 4.42 Å². The first-order valence-corrected chi connectivity index (χ1v) is 6.41. The Hall–Kier alpha value is -1.28. The molecule has 3 rings (SSSR count). The van der Waals surface area contributed by atoms with Crippen molar-refractivity contribution in [3.8, 4) is 0 Å². The molecular weight excluding hydrogens is 210 g/mol. The average molecular weight is 229 g/mol. The molecule has 0 bridgehead atoms. The highest BCUT2D eigenvalue weighted by atomic mass is 16.3. The maximum atomic E-state index is 5.96. The minimum absolute atomic E-state index is 0.303. The number of fused-ring (bicyclic) bond motifs is 1. The third-order valence-electron chi connectivity index (χ3n) is 3.85. The molecule has 2 aromatic rings. The molecule has 2 nitrogen and oxygen atoms in total. The second-order valence-electron chi connectivity index (χ2n) is 5.30. The second-order valence-corrected chi connectivity index (χ2v) is 5.30. The van der Waals surface area contributed by atoms with Crippen molar-refractivity contribution >= 4 is 11.0 Å². The Kier molecular flexibility index (Phi) is 2.48. The standard InChI is InChI=1S/C15H19NO/c1-9-8-13(9)16-11(3)15-10(2)12-6-4-5-7-14(12)17-15/h4-7,9,11,13,16H,8H2,1-3H3. The topological polar surface area (TPSA) is 25.2 Å². The van der Waals surface area contributed by atoms with Crippen molar-refractivity contribution in [2.24, 2.45) is 5.92 Å². The van der Waals surface area contributed by atoms with Gasteiger partial charge < -0.3 is 9.73 Å². The van der Waals surface area contributed by atoms with Crippen molar-refractivity contribution in [3.05, 3.63) is 35.6 Å². The molecule has 0 saturated heterocycles. The van der Waals surface area contributed by atoms with Gasteiger partial charge in [0.2, 0.25) is 0 Å². The summed E-state index contributed by atoms with van der Waals surface area (Å²) in [5.74, 6) is 1.91. The SMILES string of the molecule is Cc1c(C(C)NC2CC2C)oc2ccccc12. The Labute approximate surface area is 102 Å². The van der Waals surface area contributed by atoms with E-state index < -0.39 is 0 Å². The lowest BCUT2D eigenvalue weighted by molar-refractivity contribution is 0.440. The summed E-state index contributed by atoms with van der Waals surface area (Å²) in [6, 6.07) is 9.24. The van der Waals surface area contributed by atoms with Crippen LogP contribution >= 0.6 is 0 Å². The van der Waals surface area contributed by atoms with Gasteiger partial charge in [-0.3, -0.25) is 0 Å². The number of hydrogen-bond acceptors (Lipinski definition) is 2. The van der Waals surface area contributed by atoms with E-state index in [0.29, 0.717) is 12.1 Å². The van der Waals surface area contributed by atoms with Crippen LogP contribution in [0.1, 0.15) is 37.6 Å². The smallest absolute Gasteiger partial charge is 0.134 e. The van der Waals surface area contributed by atoms with E-state index in [1.54, 1.807) is 0 Å². The molecule has 1 aromatic carbocycles. The summed E-state index contributed by atoms with van der Waals surface area (Å²) in [4.78, 5) is 0. The van der Waals surface area contributed by atoms with E-state index >= 15 is 0 Å². The van der Waals surface area contributed by atoms with Gasteiger partial charge in [-0.2, -0.15) is 0 Å². The fourth-order valence-corrected chi connectivity index (χ4v) is 2.56. The van der Waals surface area contributed by atoms with E-state index in [1.807, 2.05) is 12.1 Å². The molecule has 1 fully saturated rings. The first kappa shape index (κ1) is 10.8. The molecule has 3 unspecified atom stereocenters. The molecule has 1 heterocycles. The number of hydrogen-bond donors (Lipinski definition) is 1. The lowest BCUT2D eigenvalue weighted by atomic mass is 10.1. The second kappa shape index (κ2) is 3.88. The highest BCUT2D eigenvalue weighted by molar-refractivity contribution is 5.82. The van der Waals surface area contributed by atoms with Crippen LogP contribution in [0.25, 0.3) is 11.0 Å². The minimum atomic E-state index is 0.303. The predicted molar refractivity (Wildman–Crippen MR) is 70.1 cm³/mol. The first-order chi connectivity index (χ1) is 8.16. The van der Waals surface area contributed by atoms with Gasteiger partial charge in [0, 0.05) is 11.4 Å². The molecule has 90 valence electrons. The van der Waals surface area contributed by atoms with Gasteiger partial charge >= 0.3 is 0 Å². The average Bonchev–Trinajstić information content (AvgIpc) is 2.89. The largest absolute Gasteiger partial charge is 0.459 e. The summed E-state index contributed by atoms with van der Waals surface area (Å²) in [6.45, 7) is 6.63. The molecular formula is C15H19NO. The fraction of sp³-hybridized carbons (Fsp3) is 0.467. The molecule has 0 amide bonds. The van der Waals surface area contributed by atoms with Crippen LogP contribution in [0.15, 0.2) is 28.7 Å². The Balaban J connectivity index is 1.91. The maximum Gasteiger partial charge on any atom is 0.134 e. The van der Waals surface area contributed by atoms with Gasteiger partial charge in [-0.15, -0.1) is 0 Å². The normalized spacial score (nSPS) is 25.1. The minimum Gasteiger partial charge on any atom is -0.459 e. The van der Waals surface area contributed by atoms with Crippen molar-refractivity contribution in [3.63, 3.8) is 0 Å². The molecule has 1 N–H and O–H groups in total. The number of nitrogens with one attached hydrogen (secondary N) is 1. The zero-order valence-corrected chi connectivity index (χ0v) is 10.7. The summed E-state index contributed by atoms with van der Waals surface area (Å²) in [7, 11) is 0. The molecule has 0 aliphatic heterocycles. The van der Waals surface area contributed by atoms with Gasteiger partial charge in [-0.1, -0.05) is 25.1 Å². The van der Waals surface area contributed by atoms with E-state index in [9.17, 15) is 0 Å². The van der Waals surface area contributed by atoms with E-state index in [2.05, 4.69) is 38.2 Å². The van der Waals surface area contributed by atoms with Crippen LogP contribution in [-0.4, -0.2) is 6.04 Å². The van der Waals surface area contributed by atoms with Crippen LogP contribution in [0.5, 0.6) is 0 Å². The third-order valence-corrected chi connectivity index (χ3v) is 3.85. The number of para-hydroxylation sites is 1. The summed E-state index contributed by atoms with van der Waals surface area (Å²) < 4.78 is 5.96. The van der Waals surface area contributed by atoms with Crippen molar-refractivity contribution in [1.82, 2.24) is 5.32 Å². The highest BCUT2D eigenvalue weighted by Crippen LogP contribution is 2.34. The van der Waals surface area contributed by atoms with Crippen LogP contribution in [0.2, 0.25) is 0 Å². The zero-order valence-electron chi connectivity index (χ0n) is 10.7. The van der Waals surface area contributed by atoms with Gasteiger partial charge in [-0.05, 0) is 37.8 Å². The number of benzene rings is 1. The van der Waals surface area contributed by atoms with Crippen LogP contribution < -0.4 is 5.32 Å². The Morgan fingerprint density at radius 3 is 2.71 bits per heavy atom. The van der Waals surface area contributed by atoms with Gasteiger partial charge in [0.15, 0.2) is 0 Å². The molecule has 1 aliphatic carbocycles. The van der Waals surface area contributed by atoms with Gasteiger partial charge in [-0.25, -0.2) is 0 Å². The summed E-state index contributed by atoms with van der Waals surface area (Å²) in [5.41, 5.74) is 2.27. The fourth-order valence-electron chi connectivity index (χ4n) is 2.56. The monoisotopic (exact) mass is 229 g/mol. The molecule has 1 saturated carbocycles. The van der Waals surface area contributed by atoms with Crippen molar-refractivity contribution in [2.45, 2.75) is 39.3 Å². The highest BCUT2D eigenvalue weighted by Gasteiger charge is 2.34. The van der Waals surface area contributed by atoms with Gasteiger partial charge in [0.1, 0.15) is 11.3 Å². The van der Waals surface area contributed by atoms with Crippen LogP contribution in [0.3, 0.4) is 0 Å². The van der Waals surface area contributed by atoms with E-state index in [1.165, 1.54) is 17.4 Å². The van der Waals surface area contributed by atoms with Gasteiger partial charge in [0.25, 0.3) is 0 Å². The van der Waals surface area contributed by atoms with Crippen molar-refractivity contribution < 1.29 is 4.42 Å². The van der Waals surface area contributed by atoms with Crippen LogP contribution in [0, 0.1) is 12.8 Å². The van der Waals surface area contributed by atoms with Crippen molar-refractivity contribution in [1.29, 1.82) is 0 Å². The first-order valence-electron chi connectivity index (χ1n) is 6.41. The molecule has 2 heteroatoms. The molecule has 0 spiro atoms. The summed E-state index contributed by atoms with van der Waals surface area (Å²) in [6.07, 6.45) is 1.30. The molecule has 1 aliphatic rings. The Morgan fingerprint density at radius 1 is 1.35 bits per heavy atom. The molecule has 0 radical (unpaired) electrons. The summed E-state index contributed by atoms with van der Waals surface area (Å²) in [5, 5.41) is 4.86. The van der Waals surface area contributed by atoms with Gasteiger partial charge in [0.05, 0.1) is 6.04 Å². The zero-order chi connectivity index (χ0) is 12.0. The summed E-state index contributed by atoms with van der Waals surface area (Å²) >= 11 is 0. The number of rotatable bonds is 3. The third kappa shape index (κ3) is 1.87. The number of aryl methyl sites for hydroxylation is 1. The Morgan fingerprint density at radius 2 is 2.06 bits per heavy atom. The van der Waals surface area contributed by atoms with Crippen LogP contribution in [0.4, 0.5) is 0 Å². The van der Waals surface area contributed by atoms with Crippen LogP contribution in [-0.2, 0) is 0 Å². The molecule has 17 heavy (non-hydrogen) atoms. The predicted octanol–water partition coefficient (Wildman–Crippen LogP) is 3.80. The quantitative estimate of drug-likeness (QED) is 0.866. The molecule has 3 atom stereocenters. The molecule has 1 aromatic heterocycles. The van der Waals surface area contributed by atoms with E-state index in [0.717, 1.165) is 17.3 Å². The Bertz CT molecular complexity index is 543. The maximum absolute atomic E-state index is 5.96. The van der Waals surface area contributed by atoms with E-state index in [-0.39, 0.29) is 0 Å². The lowest BCUT2D eigenvalue weighted by Crippen LogP contribution is -2.22. The lowest BCUT2D eigenvalue weighted by Gasteiger charge is -2.11.